The number of nitrogens with zero attached hydrogens (tertiary/aromatic N) is 3. The maximum absolute atomic E-state index is 12.1. The fourth-order valence-corrected chi connectivity index (χ4v) is 3.03. The molecule has 0 fully saturated rings. The Bertz CT molecular complexity index is 868. The Labute approximate surface area is 150 Å². The molecule has 0 radical (unpaired) electrons. The Hall–Kier alpha value is -2.80. The molecule has 6 nitrogen and oxygen atoms in total. The van der Waals surface area contributed by atoms with Crippen molar-refractivity contribution < 1.29 is 4.79 Å². The van der Waals surface area contributed by atoms with Crippen molar-refractivity contribution >= 4 is 34.0 Å². The summed E-state index contributed by atoms with van der Waals surface area (Å²) in [5.74, 6) is 0.422. The van der Waals surface area contributed by atoms with Gasteiger partial charge in [-0.05, 0) is 39.0 Å². The van der Waals surface area contributed by atoms with Gasteiger partial charge in [0.1, 0.15) is 0 Å². The number of carbonyl (C=O) groups is 1. The van der Waals surface area contributed by atoms with E-state index in [4.69, 9.17) is 0 Å². The first-order chi connectivity index (χ1) is 12.0. The number of hydrogen-bond donors (Lipinski definition) is 2. The van der Waals surface area contributed by atoms with Crippen molar-refractivity contribution in [2.75, 3.05) is 10.6 Å². The van der Waals surface area contributed by atoms with Crippen molar-refractivity contribution in [3.05, 3.63) is 58.4 Å². The van der Waals surface area contributed by atoms with Gasteiger partial charge in [-0.3, -0.25) is 4.79 Å². The normalized spacial score (nSPS) is 10.5. The van der Waals surface area contributed by atoms with Crippen LogP contribution in [-0.4, -0.2) is 20.9 Å². The monoisotopic (exact) mass is 353 g/mol. The van der Waals surface area contributed by atoms with Gasteiger partial charge in [-0.25, -0.2) is 15.0 Å². The van der Waals surface area contributed by atoms with E-state index in [1.807, 2.05) is 56.5 Å². The fourth-order valence-electron chi connectivity index (χ4n) is 2.33. The fraction of sp³-hybridized carbons (Fsp3) is 0.222. The predicted octanol–water partition coefficient (Wildman–Crippen LogP) is 3.78. The first-order valence-electron chi connectivity index (χ1n) is 7.88. The second-order valence-corrected chi connectivity index (χ2v) is 6.69. The number of rotatable bonds is 5. The molecular formula is C18H19N5OS. The first-order valence-corrected chi connectivity index (χ1v) is 8.76. The Morgan fingerprint density at radius 3 is 2.40 bits per heavy atom. The minimum Gasteiger partial charge on any atom is -0.326 e. The molecule has 2 heterocycles. The van der Waals surface area contributed by atoms with E-state index in [1.54, 1.807) is 0 Å². The average molecular weight is 353 g/mol. The SMILES string of the molecule is Cc1ccc(NC(=O)Cc2csc(Nc3nc(C)cc(C)n3)n2)cc1. The number of hydrogen-bond acceptors (Lipinski definition) is 6. The second kappa shape index (κ2) is 7.40. The molecule has 0 saturated heterocycles. The van der Waals surface area contributed by atoms with Crippen LogP contribution in [0.4, 0.5) is 16.8 Å². The summed E-state index contributed by atoms with van der Waals surface area (Å²) in [7, 11) is 0. The van der Waals surface area contributed by atoms with Crippen LogP contribution in [0, 0.1) is 20.8 Å². The van der Waals surface area contributed by atoms with Crippen LogP contribution in [0.25, 0.3) is 0 Å². The summed E-state index contributed by atoms with van der Waals surface area (Å²) in [6, 6.07) is 9.61. The topological polar surface area (TPSA) is 79.8 Å². The molecule has 1 amide bonds. The van der Waals surface area contributed by atoms with Crippen LogP contribution in [-0.2, 0) is 11.2 Å². The lowest BCUT2D eigenvalue weighted by Crippen LogP contribution is -2.14. The summed E-state index contributed by atoms with van der Waals surface area (Å²) >= 11 is 1.42. The van der Waals surface area contributed by atoms with Gasteiger partial charge in [0.2, 0.25) is 11.9 Å². The molecule has 25 heavy (non-hydrogen) atoms. The largest absolute Gasteiger partial charge is 0.326 e. The number of benzene rings is 1. The summed E-state index contributed by atoms with van der Waals surface area (Å²) in [4.78, 5) is 25.2. The zero-order chi connectivity index (χ0) is 17.8. The second-order valence-electron chi connectivity index (χ2n) is 5.83. The molecule has 128 valence electrons. The molecule has 0 aliphatic carbocycles. The lowest BCUT2D eigenvalue weighted by Gasteiger charge is -2.04. The maximum Gasteiger partial charge on any atom is 0.230 e. The van der Waals surface area contributed by atoms with E-state index in [1.165, 1.54) is 11.3 Å². The van der Waals surface area contributed by atoms with Crippen molar-refractivity contribution in [3.8, 4) is 0 Å². The molecule has 1 aromatic carbocycles. The van der Waals surface area contributed by atoms with Crippen LogP contribution in [0.5, 0.6) is 0 Å². The third kappa shape index (κ3) is 4.84. The van der Waals surface area contributed by atoms with Gasteiger partial charge in [-0.1, -0.05) is 17.7 Å². The quantitative estimate of drug-likeness (QED) is 0.729. The number of thiazole rings is 1. The van der Waals surface area contributed by atoms with Crippen LogP contribution in [0.2, 0.25) is 0 Å². The lowest BCUT2D eigenvalue weighted by atomic mass is 10.2. The third-order valence-electron chi connectivity index (χ3n) is 3.43. The summed E-state index contributed by atoms with van der Waals surface area (Å²) in [6.07, 6.45) is 0.222. The Morgan fingerprint density at radius 2 is 1.72 bits per heavy atom. The minimum atomic E-state index is -0.0941. The molecule has 0 unspecified atom stereocenters. The van der Waals surface area contributed by atoms with Crippen LogP contribution in [0.1, 0.15) is 22.6 Å². The van der Waals surface area contributed by atoms with Crippen molar-refractivity contribution in [2.45, 2.75) is 27.2 Å². The Balaban J connectivity index is 1.61. The van der Waals surface area contributed by atoms with E-state index in [-0.39, 0.29) is 12.3 Å². The van der Waals surface area contributed by atoms with Gasteiger partial charge >= 0.3 is 0 Å². The molecule has 0 saturated carbocycles. The predicted molar refractivity (Wildman–Crippen MR) is 100 cm³/mol. The zero-order valence-corrected chi connectivity index (χ0v) is 15.1. The molecule has 3 aromatic rings. The summed E-state index contributed by atoms with van der Waals surface area (Å²) < 4.78 is 0. The molecule has 0 aliphatic heterocycles. The van der Waals surface area contributed by atoms with E-state index in [2.05, 4.69) is 25.6 Å². The molecule has 0 aliphatic rings. The van der Waals surface area contributed by atoms with E-state index < -0.39 is 0 Å². The summed E-state index contributed by atoms with van der Waals surface area (Å²) in [5.41, 5.74) is 4.43. The third-order valence-corrected chi connectivity index (χ3v) is 4.24. The smallest absolute Gasteiger partial charge is 0.230 e. The first kappa shape index (κ1) is 17.0. The molecule has 3 rings (SSSR count). The molecular weight excluding hydrogens is 334 g/mol. The number of aryl methyl sites for hydroxylation is 3. The van der Waals surface area contributed by atoms with Crippen molar-refractivity contribution in [3.63, 3.8) is 0 Å². The highest BCUT2D eigenvalue weighted by Gasteiger charge is 2.09. The Morgan fingerprint density at radius 1 is 1.04 bits per heavy atom. The highest BCUT2D eigenvalue weighted by atomic mass is 32.1. The van der Waals surface area contributed by atoms with Gasteiger partial charge in [0.15, 0.2) is 5.13 Å². The van der Waals surface area contributed by atoms with Crippen LogP contribution < -0.4 is 10.6 Å². The van der Waals surface area contributed by atoms with Crippen molar-refractivity contribution in [1.29, 1.82) is 0 Å². The van der Waals surface area contributed by atoms with Crippen LogP contribution in [0.3, 0.4) is 0 Å². The summed E-state index contributed by atoms with van der Waals surface area (Å²) in [6.45, 7) is 5.85. The van der Waals surface area contributed by atoms with Gasteiger partial charge in [-0.15, -0.1) is 11.3 Å². The average Bonchev–Trinajstić information content (AvgIpc) is 2.95. The van der Waals surface area contributed by atoms with E-state index in [9.17, 15) is 4.79 Å². The number of amides is 1. The molecule has 7 heteroatoms. The number of nitrogens with one attached hydrogen (secondary N) is 2. The van der Waals surface area contributed by atoms with Gasteiger partial charge < -0.3 is 10.6 Å². The highest BCUT2D eigenvalue weighted by Crippen LogP contribution is 2.20. The van der Waals surface area contributed by atoms with Gasteiger partial charge in [0.05, 0.1) is 12.1 Å². The van der Waals surface area contributed by atoms with E-state index >= 15 is 0 Å². The highest BCUT2D eigenvalue weighted by molar-refractivity contribution is 7.13. The summed E-state index contributed by atoms with van der Waals surface area (Å²) in [5, 5.41) is 8.49. The van der Waals surface area contributed by atoms with Crippen LogP contribution in [0.15, 0.2) is 35.7 Å². The molecule has 0 spiro atoms. The number of carbonyl (C=O) groups excluding carboxylic acids is 1. The molecule has 2 aromatic heterocycles. The van der Waals surface area contributed by atoms with Crippen molar-refractivity contribution in [1.82, 2.24) is 15.0 Å². The van der Waals surface area contributed by atoms with Crippen molar-refractivity contribution in [2.24, 2.45) is 0 Å². The number of anilines is 3. The van der Waals surface area contributed by atoms with Gasteiger partial charge in [-0.2, -0.15) is 0 Å². The molecule has 0 atom stereocenters. The Kier molecular flexibility index (Phi) is 5.04. The maximum atomic E-state index is 12.1. The van der Waals surface area contributed by atoms with Crippen LogP contribution >= 0.6 is 11.3 Å². The number of aromatic nitrogens is 3. The lowest BCUT2D eigenvalue weighted by molar-refractivity contribution is -0.115. The zero-order valence-electron chi connectivity index (χ0n) is 14.3. The molecule has 2 N–H and O–H groups in total. The van der Waals surface area contributed by atoms with Gasteiger partial charge in [0.25, 0.3) is 0 Å². The minimum absolute atomic E-state index is 0.0941. The molecule has 0 bridgehead atoms. The van der Waals surface area contributed by atoms with E-state index in [0.29, 0.717) is 16.8 Å². The van der Waals surface area contributed by atoms with Gasteiger partial charge in [0, 0.05) is 22.5 Å². The van der Waals surface area contributed by atoms with E-state index in [0.717, 1.165) is 22.6 Å². The standard InChI is InChI=1S/C18H19N5OS/c1-11-4-6-14(7-5-11)21-16(24)9-15-10-25-18(22-15)23-17-19-12(2)8-13(3)20-17/h4-8,10H,9H2,1-3H3,(H,21,24)(H,19,20,22,23).